The van der Waals surface area contributed by atoms with Gasteiger partial charge in [0.15, 0.2) is 0 Å². The number of hydrogen-bond donors (Lipinski definition) is 9. The summed E-state index contributed by atoms with van der Waals surface area (Å²) in [4.78, 5) is 201. The number of H-pyrrole nitrogens is 2. The molecule has 0 spiro atoms. The number of nitrogens with zero attached hydrogens (tertiary/aromatic N) is 11. The number of amides is 12. The predicted octanol–water partition coefficient (Wildman–Crippen LogP) is 8.49. The van der Waals surface area contributed by atoms with Crippen LogP contribution in [-0.4, -0.2) is 297 Å². The van der Waals surface area contributed by atoms with Crippen molar-refractivity contribution >= 4 is 134 Å². The smallest absolute Gasteiger partial charge is 0.408 e. The summed E-state index contributed by atoms with van der Waals surface area (Å²) in [5, 5.41) is 25.6. The van der Waals surface area contributed by atoms with Crippen LogP contribution in [0.25, 0.3) is 22.1 Å². The number of fused-ring (bicyclic) bond motifs is 4. The molecule has 736 valence electrons. The summed E-state index contributed by atoms with van der Waals surface area (Å²) in [7, 11) is 0. The molecule has 0 radical (unpaired) electrons. The Kier molecular flexibility index (Phi) is 34.9. The zero-order valence-corrected chi connectivity index (χ0v) is 79.5. The zero-order chi connectivity index (χ0) is 97.6. The van der Waals surface area contributed by atoms with Crippen LogP contribution in [-0.2, 0) is 74.9 Å². The lowest BCUT2D eigenvalue weighted by atomic mass is 9.85. The summed E-state index contributed by atoms with van der Waals surface area (Å²) in [6, 6.07) is 26.7. The largest absolute Gasteiger partial charge is 0.481 e. The number of alkyl carbamates (subject to hydrolysis) is 1. The van der Waals surface area contributed by atoms with Gasteiger partial charge in [-0.05, 0) is 195 Å². The standard InChI is InChI=1S/C46H55ClN10O8.C31H42ClN7O3.C21H24N2O8/c47-32-8-6-30(7-9-32)35(52-45(63)46(48)15-19-56(20-16-46)41-34-12-17-49-40(34)50-29-51-41)13-18-54-21-23-55(24-22-54)38(59)14-26-65-28-27-64-25-2-4-31-3-1-5-33-39(31)44(62)57(43(33)61)36-10-11-37(58)53-42(36)60;1-30(2,3)42-29(41)37-31(13-19-39(20-14-31)27-24-11-15-33-26(24)34-21-35-27)28(40)36-25(22-7-9-23(32)10-8-22)12-18-38-16-5-4-6-17-38;24-16-7-6-15(19(27)22-16)23-20(28)14-5-1-3-13(18(14)21(23)29)4-2-9-30-11-12-31-10-8-17(25)26/h1,3,5-9,12,17,29,35-36H,2,4,10-11,13-16,18-28,48H2,(H,52,63)(H,49,50,51)(H,53,58,60);7-11,15,21,25H,4-6,12-14,16-20H2,1-3H3,(H,36,40)(H,37,41)(H,33,34,35);1,3,5,15H,2,4,6-12H2,(H,25,26)(H,22,24,27)/t35-,36?;25-;/m00./s1. The molecule has 38 nitrogen and oxygen atoms in total. The van der Waals surface area contributed by atoms with E-state index in [2.05, 4.69) is 76.1 Å². The third kappa shape index (κ3) is 26.0. The second-order valence-corrected chi connectivity index (χ2v) is 37.6. The van der Waals surface area contributed by atoms with Gasteiger partial charge in [-0.2, -0.15) is 0 Å². The maximum absolute atomic E-state index is 14.3. The van der Waals surface area contributed by atoms with Gasteiger partial charge in [-0.25, -0.2) is 24.7 Å². The monoisotopic (exact) mass is 1940 g/mol. The summed E-state index contributed by atoms with van der Waals surface area (Å²) in [6.07, 6.45) is 15.8. The van der Waals surface area contributed by atoms with Gasteiger partial charge in [-0.15, -0.1) is 0 Å². The highest BCUT2D eigenvalue weighted by Crippen LogP contribution is 2.37. The van der Waals surface area contributed by atoms with Gasteiger partial charge >= 0.3 is 12.1 Å². The Morgan fingerprint density at radius 3 is 1.41 bits per heavy atom. The molecule has 4 atom stereocenters. The molecular formula is C98H121Cl2N19O19. The molecule has 0 aliphatic carbocycles. The molecule has 8 aliphatic rings. The molecule has 0 bridgehead atoms. The third-order valence-corrected chi connectivity index (χ3v) is 26.7. The number of carbonyl (C=O) groups excluding carboxylic acids is 12. The Hall–Kier alpha value is -12.3. The van der Waals surface area contributed by atoms with E-state index in [4.69, 9.17) is 57.7 Å². The second kappa shape index (κ2) is 47.4. The van der Waals surface area contributed by atoms with Crippen molar-refractivity contribution in [1.29, 1.82) is 0 Å². The highest BCUT2D eigenvalue weighted by molar-refractivity contribution is 6.31. The number of nitrogens with two attached hydrogens (primary N) is 1. The number of likely N-dealkylation sites (tertiary alicyclic amines) is 1. The Balaban J connectivity index is 0.000000179. The molecule has 12 heterocycles. The number of rotatable bonds is 37. The Morgan fingerprint density at radius 2 is 0.957 bits per heavy atom. The minimum Gasteiger partial charge on any atom is -0.481 e. The molecule has 12 amide bonds. The van der Waals surface area contributed by atoms with Gasteiger partial charge in [-0.1, -0.05) is 78.2 Å². The second-order valence-electron chi connectivity index (χ2n) is 36.7. The Bertz CT molecular complexity index is 5690. The topological polar surface area (TPSA) is 480 Å². The van der Waals surface area contributed by atoms with Gasteiger partial charge in [0, 0.05) is 114 Å². The first-order chi connectivity index (χ1) is 66.5. The van der Waals surface area contributed by atoms with Crippen LogP contribution in [0.3, 0.4) is 0 Å². The number of benzene rings is 4. The average Bonchev–Trinajstić information content (AvgIpc) is 1.61. The van der Waals surface area contributed by atoms with Gasteiger partial charge in [0.1, 0.15) is 58.8 Å². The van der Waals surface area contributed by atoms with Crippen LogP contribution in [0.1, 0.15) is 206 Å². The van der Waals surface area contributed by atoms with Crippen LogP contribution < -0.4 is 42.1 Å². The predicted molar refractivity (Wildman–Crippen MR) is 510 cm³/mol. The molecule has 10 N–H and O–H groups in total. The van der Waals surface area contributed by atoms with Gasteiger partial charge < -0.3 is 80.0 Å². The van der Waals surface area contributed by atoms with Crippen molar-refractivity contribution in [3.05, 3.63) is 177 Å². The van der Waals surface area contributed by atoms with Crippen LogP contribution >= 0.6 is 23.2 Å². The summed E-state index contributed by atoms with van der Waals surface area (Å²) in [5.74, 6) is -3.80. The van der Waals surface area contributed by atoms with E-state index in [9.17, 15) is 62.3 Å². The van der Waals surface area contributed by atoms with E-state index in [1.807, 2.05) is 98.7 Å². The molecule has 6 fully saturated rings. The molecule has 138 heavy (non-hydrogen) atoms. The number of aromatic amines is 2. The first-order valence-electron chi connectivity index (χ1n) is 47.4. The summed E-state index contributed by atoms with van der Waals surface area (Å²) in [5.41, 5.74) is 9.96. The van der Waals surface area contributed by atoms with E-state index in [0.717, 1.165) is 87.2 Å². The minimum atomic E-state index is -1.14. The van der Waals surface area contributed by atoms with Gasteiger partial charge in [-0.3, -0.25) is 82.9 Å². The fraction of sp³-hybridized carbons (Fsp3) is 0.500. The molecule has 6 saturated heterocycles. The number of anilines is 2. The number of aliphatic carboxylic acids is 1. The van der Waals surface area contributed by atoms with E-state index in [1.165, 1.54) is 19.3 Å². The number of aromatic nitrogens is 6. The van der Waals surface area contributed by atoms with Crippen molar-refractivity contribution < 1.29 is 91.1 Å². The Morgan fingerprint density at radius 1 is 0.514 bits per heavy atom. The molecular weight excluding hydrogens is 1820 g/mol. The quantitative estimate of drug-likeness (QED) is 0.0130. The highest BCUT2D eigenvalue weighted by atomic mass is 35.5. The lowest BCUT2D eigenvalue weighted by molar-refractivity contribution is -0.139. The number of hydrogen-bond acceptors (Lipinski definition) is 27. The van der Waals surface area contributed by atoms with E-state index in [0.29, 0.717) is 182 Å². The first kappa shape index (κ1) is 102. The molecule has 0 saturated carbocycles. The number of piperazine rings is 1. The fourth-order valence-corrected chi connectivity index (χ4v) is 18.9. The van der Waals surface area contributed by atoms with Gasteiger partial charge in [0.05, 0.1) is 103 Å². The lowest BCUT2D eigenvalue weighted by Crippen LogP contribution is -2.64. The van der Waals surface area contributed by atoms with Crippen LogP contribution in [0.4, 0.5) is 16.4 Å². The van der Waals surface area contributed by atoms with Crippen LogP contribution in [0.5, 0.6) is 0 Å². The van der Waals surface area contributed by atoms with E-state index >= 15 is 0 Å². The van der Waals surface area contributed by atoms with Crippen molar-refractivity contribution in [1.82, 2.24) is 81.0 Å². The SMILES string of the molecule is CC(C)(C)OC(=O)NC1(C(=O)N[C@@H](CCN2CCCCC2)c2ccc(Cl)cc2)CCN(c2ncnc3[nH]ccc23)CC1.NC1(C(=O)N[C@@H](CCN2CCN(C(=O)CCOCCOCCCc3cccc4c3C(=O)N(C3CCC(=O)NC3=O)C4=O)CC2)c2ccc(Cl)cc2)CCN(c2ncnc3[nH]ccc23)CC1.O=C(O)CCOCCOCCCc1cccc2c1C(=O)N(C1CCC(=O)NC1=O)C2=O. The molecule has 8 aliphatic heterocycles. The zero-order valence-electron chi connectivity index (χ0n) is 78.0. The molecule has 4 aromatic heterocycles. The number of nitrogens with one attached hydrogen (secondary N) is 7. The third-order valence-electron chi connectivity index (χ3n) is 26.2. The number of imide groups is 4. The van der Waals surface area contributed by atoms with Crippen LogP contribution in [0.2, 0.25) is 10.0 Å². The number of carbonyl (C=O) groups is 13. The average molecular weight is 1940 g/mol. The maximum Gasteiger partial charge on any atom is 0.408 e. The van der Waals surface area contributed by atoms with Gasteiger partial charge in [0.2, 0.25) is 41.4 Å². The number of ether oxygens (including phenoxy) is 5. The number of carboxylic acid groups (broad SMARTS) is 1. The number of halogens is 2. The van der Waals surface area contributed by atoms with E-state index in [1.54, 1.807) is 49.1 Å². The molecule has 40 heteroatoms. The maximum atomic E-state index is 14.3. The number of aryl methyl sites for hydroxylation is 2. The van der Waals surface area contributed by atoms with Crippen molar-refractivity contribution in [2.75, 3.05) is 141 Å². The Labute approximate surface area is 808 Å². The van der Waals surface area contributed by atoms with Gasteiger partial charge in [0.25, 0.3) is 23.6 Å². The van der Waals surface area contributed by atoms with Crippen LogP contribution in [0, 0.1) is 0 Å². The minimum absolute atomic E-state index is 0.0352. The first-order valence-corrected chi connectivity index (χ1v) is 48.2. The summed E-state index contributed by atoms with van der Waals surface area (Å²) >= 11 is 12.4. The normalized spacial score (nSPS) is 18.9. The molecule has 4 aromatic carbocycles. The molecule has 8 aromatic rings. The van der Waals surface area contributed by atoms with Crippen molar-refractivity contribution in [2.24, 2.45) is 5.73 Å². The summed E-state index contributed by atoms with van der Waals surface area (Å²) < 4.78 is 27.6. The lowest BCUT2D eigenvalue weighted by Gasteiger charge is -2.42. The molecule has 16 rings (SSSR count). The molecule has 2 unspecified atom stereocenters. The number of carboxylic acids is 1. The van der Waals surface area contributed by atoms with Crippen LogP contribution in [0.15, 0.2) is 122 Å². The number of piperidine rings is 5. The van der Waals surface area contributed by atoms with E-state index in [-0.39, 0.29) is 92.7 Å². The fourth-order valence-electron chi connectivity index (χ4n) is 18.7. The van der Waals surface area contributed by atoms with Crippen molar-refractivity contribution in [3.8, 4) is 0 Å². The summed E-state index contributed by atoms with van der Waals surface area (Å²) in [6.45, 7) is 16.6. The van der Waals surface area contributed by atoms with Crippen molar-refractivity contribution in [3.63, 3.8) is 0 Å². The van der Waals surface area contributed by atoms with Crippen molar-refractivity contribution in [2.45, 2.75) is 184 Å². The highest BCUT2D eigenvalue weighted by Gasteiger charge is 2.50. The van der Waals surface area contributed by atoms with E-state index < -0.39 is 88.1 Å².